The summed E-state index contributed by atoms with van der Waals surface area (Å²) in [7, 11) is 1.93. The summed E-state index contributed by atoms with van der Waals surface area (Å²) in [4.78, 5) is 19.1. The molecule has 0 bridgehead atoms. The van der Waals surface area contributed by atoms with Gasteiger partial charge in [0.2, 0.25) is 11.8 Å². The maximum absolute atomic E-state index is 13.2. The van der Waals surface area contributed by atoms with Crippen LogP contribution in [0.2, 0.25) is 0 Å². The molecule has 3 heterocycles. The molecule has 1 amide bonds. The van der Waals surface area contributed by atoms with Crippen LogP contribution in [0.4, 0.5) is 26.0 Å². The number of hydrogen-bond acceptors (Lipinski definition) is 5. The molecule has 1 fully saturated rings. The van der Waals surface area contributed by atoms with Gasteiger partial charge >= 0.3 is 0 Å². The van der Waals surface area contributed by atoms with Crippen molar-refractivity contribution in [2.45, 2.75) is 65.6 Å². The van der Waals surface area contributed by atoms with Crippen molar-refractivity contribution < 1.29 is 13.6 Å². The number of pyridine rings is 1. The van der Waals surface area contributed by atoms with Gasteiger partial charge in [-0.25, -0.2) is 13.8 Å². The van der Waals surface area contributed by atoms with E-state index < -0.39 is 11.3 Å². The Kier molecular flexibility index (Phi) is 5.18. The Labute approximate surface area is 181 Å². The second kappa shape index (κ2) is 7.46. The molecule has 0 unspecified atom stereocenters. The molecule has 0 aromatic carbocycles. The highest BCUT2D eigenvalue weighted by Crippen LogP contribution is 2.52. The van der Waals surface area contributed by atoms with Crippen LogP contribution in [-0.2, 0) is 17.9 Å². The van der Waals surface area contributed by atoms with Gasteiger partial charge in [0.25, 0.3) is 0 Å². The molecule has 0 spiro atoms. The third kappa shape index (κ3) is 4.22. The SMILES string of the molecule is Cc1nc(NCc2cnn(CC3(C)CC(F)(F)C3)c2)cc2c1NC(=O)[C@H](C(C)C)N2C. The van der Waals surface area contributed by atoms with Crippen molar-refractivity contribution in [3.8, 4) is 0 Å². The monoisotopic (exact) mass is 432 g/mol. The number of anilines is 3. The van der Waals surface area contributed by atoms with Gasteiger partial charge in [-0.1, -0.05) is 20.8 Å². The standard InChI is InChI=1S/C22H30F2N6O/c1-13(2)19-20(31)28-18-14(3)27-17(6-16(18)29(19)5)25-7-15-8-26-30(9-15)12-21(4)10-22(23,24)11-21/h6,8-9,13,19H,7,10-12H2,1-5H3,(H,25,27)(H,28,31)/t19-/m0/s1. The molecule has 2 aliphatic rings. The van der Waals surface area contributed by atoms with Gasteiger partial charge in [0, 0.05) is 50.8 Å². The number of likely N-dealkylation sites (N-methyl/N-ethyl adjacent to an activating group) is 1. The average Bonchev–Trinajstić information content (AvgIpc) is 3.05. The minimum Gasteiger partial charge on any atom is -0.366 e. The van der Waals surface area contributed by atoms with E-state index in [1.807, 2.05) is 51.9 Å². The van der Waals surface area contributed by atoms with Crippen LogP contribution in [0.3, 0.4) is 0 Å². The summed E-state index contributed by atoms with van der Waals surface area (Å²) in [6.07, 6.45) is 3.46. The molecule has 0 radical (unpaired) electrons. The molecule has 168 valence electrons. The van der Waals surface area contributed by atoms with Gasteiger partial charge in [0.05, 0.1) is 23.3 Å². The molecule has 2 N–H and O–H groups in total. The van der Waals surface area contributed by atoms with Crippen LogP contribution in [0.25, 0.3) is 0 Å². The van der Waals surface area contributed by atoms with Gasteiger partial charge in [-0.3, -0.25) is 9.48 Å². The zero-order valence-corrected chi connectivity index (χ0v) is 18.7. The van der Waals surface area contributed by atoms with Gasteiger partial charge in [0.15, 0.2) is 0 Å². The average molecular weight is 433 g/mol. The van der Waals surface area contributed by atoms with Crippen molar-refractivity contribution in [2.24, 2.45) is 11.3 Å². The largest absolute Gasteiger partial charge is 0.366 e. The lowest BCUT2D eigenvalue weighted by molar-refractivity contribution is -0.159. The number of nitrogens with zero attached hydrogens (tertiary/aromatic N) is 4. The molecule has 2 aromatic heterocycles. The molecule has 4 rings (SSSR count). The van der Waals surface area contributed by atoms with Crippen molar-refractivity contribution in [1.29, 1.82) is 0 Å². The first-order valence-electron chi connectivity index (χ1n) is 10.6. The van der Waals surface area contributed by atoms with E-state index in [4.69, 9.17) is 0 Å². The highest BCUT2D eigenvalue weighted by atomic mass is 19.3. The summed E-state index contributed by atoms with van der Waals surface area (Å²) in [5.74, 6) is -1.67. The Morgan fingerprint density at radius 2 is 2.06 bits per heavy atom. The number of aryl methyl sites for hydroxylation is 1. The zero-order chi connectivity index (χ0) is 22.6. The minimum atomic E-state index is -2.54. The van der Waals surface area contributed by atoms with E-state index >= 15 is 0 Å². The van der Waals surface area contributed by atoms with Gasteiger partial charge in [-0.05, 0) is 18.3 Å². The Morgan fingerprint density at radius 1 is 1.35 bits per heavy atom. The number of amides is 1. The van der Waals surface area contributed by atoms with Crippen LogP contribution in [0.15, 0.2) is 18.5 Å². The van der Waals surface area contributed by atoms with E-state index in [2.05, 4.69) is 20.7 Å². The number of halogens is 2. The highest BCUT2D eigenvalue weighted by molar-refractivity contribution is 6.04. The number of rotatable bonds is 6. The molecular weight excluding hydrogens is 402 g/mol. The van der Waals surface area contributed by atoms with Gasteiger partial charge < -0.3 is 15.5 Å². The highest BCUT2D eigenvalue weighted by Gasteiger charge is 2.53. The molecule has 1 atom stereocenters. The molecule has 1 aliphatic heterocycles. The van der Waals surface area contributed by atoms with Gasteiger partial charge in [-0.2, -0.15) is 5.10 Å². The van der Waals surface area contributed by atoms with E-state index in [-0.39, 0.29) is 30.7 Å². The fraction of sp³-hybridized carbons (Fsp3) is 0.591. The summed E-state index contributed by atoms with van der Waals surface area (Å²) in [5.41, 5.74) is 2.97. The van der Waals surface area contributed by atoms with Gasteiger partial charge in [-0.15, -0.1) is 0 Å². The number of aromatic nitrogens is 3. The van der Waals surface area contributed by atoms with Crippen molar-refractivity contribution in [3.63, 3.8) is 0 Å². The number of carbonyl (C=O) groups excluding carboxylic acids is 1. The van der Waals surface area contributed by atoms with E-state index in [9.17, 15) is 13.6 Å². The molecule has 9 heteroatoms. The quantitative estimate of drug-likeness (QED) is 0.720. The number of nitrogens with one attached hydrogen (secondary N) is 2. The van der Waals surface area contributed by atoms with Crippen molar-refractivity contribution in [2.75, 3.05) is 22.6 Å². The van der Waals surface area contributed by atoms with Crippen LogP contribution in [0, 0.1) is 18.3 Å². The summed E-state index contributed by atoms with van der Waals surface area (Å²) >= 11 is 0. The number of hydrogen-bond donors (Lipinski definition) is 2. The fourth-order valence-corrected chi connectivity index (χ4v) is 4.93. The Hall–Kier alpha value is -2.71. The third-order valence-corrected chi connectivity index (χ3v) is 6.20. The number of carbonyl (C=O) groups is 1. The molecule has 0 saturated heterocycles. The van der Waals surface area contributed by atoms with Gasteiger partial charge in [0.1, 0.15) is 11.9 Å². The van der Waals surface area contributed by atoms with E-state index in [0.29, 0.717) is 18.9 Å². The molecule has 1 saturated carbocycles. The maximum atomic E-state index is 13.2. The summed E-state index contributed by atoms with van der Waals surface area (Å²) in [5, 5.41) is 10.7. The summed E-state index contributed by atoms with van der Waals surface area (Å²) in [6, 6.07) is 1.71. The van der Waals surface area contributed by atoms with E-state index in [0.717, 1.165) is 22.6 Å². The van der Waals surface area contributed by atoms with Crippen LogP contribution >= 0.6 is 0 Å². The molecular formula is C22H30F2N6O. The van der Waals surface area contributed by atoms with Crippen molar-refractivity contribution in [3.05, 3.63) is 29.7 Å². The Balaban J connectivity index is 1.44. The Bertz CT molecular complexity index is 994. The molecule has 2 aromatic rings. The third-order valence-electron chi connectivity index (χ3n) is 6.20. The van der Waals surface area contributed by atoms with Crippen LogP contribution < -0.4 is 15.5 Å². The summed E-state index contributed by atoms with van der Waals surface area (Å²) in [6.45, 7) is 8.82. The lowest BCUT2D eigenvalue weighted by Gasteiger charge is -2.44. The predicted octanol–water partition coefficient (Wildman–Crippen LogP) is 4.05. The minimum absolute atomic E-state index is 0.0130. The van der Waals surface area contributed by atoms with Crippen LogP contribution in [0.5, 0.6) is 0 Å². The van der Waals surface area contributed by atoms with Crippen molar-refractivity contribution in [1.82, 2.24) is 14.8 Å². The molecule has 31 heavy (non-hydrogen) atoms. The maximum Gasteiger partial charge on any atom is 0.249 e. The molecule has 1 aliphatic carbocycles. The second-order valence-electron chi connectivity index (χ2n) is 9.70. The zero-order valence-electron chi connectivity index (χ0n) is 18.7. The first-order valence-corrected chi connectivity index (χ1v) is 10.6. The normalized spacial score (nSPS) is 21.5. The lowest BCUT2D eigenvalue weighted by Crippen LogP contribution is -2.49. The predicted molar refractivity (Wildman–Crippen MR) is 116 cm³/mol. The van der Waals surface area contributed by atoms with Crippen LogP contribution in [-0.4, -0.2) is 39.7 Å². The first-order chi connectivity index (χ1) is 14.5. The number of fused-ring (bicyclic) bond motifs is 1. The van der Waals surface area contributed by atoms with E-state index in [1.165, 1.54) is 0 Å². The second-order valence-corrected chi connectivity index (χ2v) is 9.70. The topological polar surface area (TPSA) is 75.1 Å². The summed E-state index contributed by atoms with van der Waals surface area (Å²) < 4.78 is 28.2. The first kappa shape index (κ1) is 21.5. The van der Waals surface area contributed by atoms with E-state index in [1.54, 1.807) is 10.9 Å². The lowest BCUT2D eigenvalue weighted by atomic mass is 9.67. The smallest absolute Gasteiger partial charge is 0.249 e. The Morgan fingerprint density at radius 3 is 2.71 bits per heavy atom. The molecule has 7 nitrogen and oxygen atoms in total. The fourth-order valence-electron chi connectivity index (χ4n) is 4.93. The number of alkyl halides is 2. The van der Waals surface area contributed by atoms with Crippen molar-refractivity contribution >= 4 is 23.1 Å². The van der Waals surface area contributed by atoms with Crippen LogP contribution in [0.1, 0.15) is 44.9 Å².